The molecule has 1 aromatic carbocycles. The van der Waals surface area contributed by atoms with Crippen LogP contribution in [0.15, 0.2) is 27.6 Å². The molecule has 0 spiro atoms. The van der Waals surface area contributed by atoms with Crippen LogP contribution in [0, 0.1) is 5.92 Å². The SMILES string of the molecule is Nc1cc(Br)ccc1S(=O)(=O)N1CC(O)(C2CC2)C1. The number of aliphatic hydroxyl groups is 1. The van der Waals surface area contributed by atoms with Crippen molar-refractivity contribution < 1.29 is 13.5 Å². The van der Waals surface area contributed by atoms with E-state index in [0.717, 1.165) is 17.3 Å². The Morgan fingerprint density at radius 1 is 1.37 bits per heavy atom. The summed E-state index contributed by atoms with van der Waals surface area (Å²) in [5.41, 5.74) is 5.16. The molecule has 0 atom stereocenters. The minimum atomic E-state index is -3.60. The molecule has 19 heavy (non-hydrogen) atoms. The number of hydrogen-bond acceptors (Lipinski definition) is 4. The van der Waals surface area contributed by atoms with Crippen molar-refractivity contribution in [3.63, 3.8) is 0 Å². The molecule has 1 aliphatic heterocycles. The summed E-state index contributed by atoms with van der Waals surface area (Å²) in [5, 5.41) is 10.2. The summed E-state index contributed by atoms with van der Waals surface area (Å²) in [4.78, 5) is 0.105. The van der Waals surface area contributed by atoms with Gasteiger partial charge in [-0.2, -0.15) is 4.31 Å². The van der Waals surface area contributed by atoms with Gasteiger partial charge >= 0.3 is 0 Å². The minimum absolute atomic E-state index is 0.105. The fraction of sp³-hybridized carbons (Fsp3) is 0.500. The highest BCUT2D eigenvalue weighted by Gasteiger charge is 2.55. The van der Waals surface area contributed by atoms with Gasteiger partial charge in [-0.05, 0) is 37.0 Å². The molecule has 7 heteroatoms. The number of nitrogens with zero attached hydrogens (tertiary/aromatic N) is 1. The zero-order chi connectivity index (χ0) is 13.8. The van der Waals surface area contributed by atoms with Crippen molar-refractivity contribution in [2.24, 2.45) is 5.92 Å². The van der Waals surface area contributed by atoms with E-state index in [1.807, 2.05) is 0 Å². The summed E-state index contributed by atoms with van der Waals surface area (Å²) in [7, 11) is -3.60. The maximum Gasteiger partial charge on any atom is 0.245 e. The molecular formula is C12H15BrN2O3S. The van der Waals surface area contributed by atoms with Crippen molar-refractivity contribution in [2.45, 2.75) is 23.3 Å². The third-order valence-corrected chi connectivity index (χ3v) is 6.19. The fourth-order valence-electron chi connectivity index (χ4n) is 2.51. The molecule has 1 heterocycles. The highest BCUT2D eigenvalue weighted by Crippen LogP contribution is 2.46. The molecule has 3 rings (SSSR count). The van der Waals surface area contributed by atoms with Crippen LogP contribution in [0.1, 0.15) is 12.8 Å². The van der Waals surface area contributed by atoms with Gasteiger partial charge < -0.3 is 10.8 Å². The van der Waals surface area contributed by atoms with Gasteiger partial charge in [0.15, 0.2) is 0 Å². The first-order valence-electron chi connectivity index (χ1n) is 6.10. The second-order valence-electron chi connectivity index (χ2n) is 5.33. The fourth-order valence-corrected chi connectivity index (χ4v) is 4.55. The summed E-state index contributed by atoms with van der Waals surface area (Å²) in [5.74, 6) is 0.265. The van der Waals surface area contributed by atoms with Crippen molar-refractivity contribution in [2.75, 3.05) is 18.8 Å². The summed E-state index contributed by atoms with van der Waals surface area (Å²) in [6.07, 6.45) is 1.98. The van der Waals surface area contributed by atoms with E-state index in [1.165, 1.54) is 10.4 Å². The van der Waals surface area contributed by atoms with Gasteiger partial charge in [0.05, 0.1) is 11.3 Å². The third kappa shape index (κ3) is 2.18. The largest absolute Gasteiger partial charge is 0.398 e. The van der Waals surface area contributed by atoms with Crippen LogP contribution in [0.4, 0.5) is 5.69 Å². The Kier molecular flexibility index (Phi) is 2.94. The number of nitrogens with two attached hydrogens (primary N) is 1. The first-order valence-corrected chi connectivity index (χ1v) is 8.34. The van der Waals surface area contributed by atoms with Gasteiger partial charge in [-0.3, -0.25) is 0 Å². The van der Waals surface area contributed by atoms with Crippen molar-refractivity contribution in [3.8, 4) is 0 Å². The Morgan fingerprint density at radius 3 is 2.53 bits per heavy atom. The van der Waals surface area contributed by atoms with E-state index in [9.17, 15) is 13.5 Å². The highest BCUT2D eigenvalue weighted by atomic mass is 79.9. The summed E-state index contributed by atoms with van der Waals surface area (Å²) in [6.45, 7) is 0.352. The van der Waals surface area contributed by atoms with Crippen LogP contribution in [0.3, 0.4) is 0 Å². The molecule has 0 bridgehead atoms. The number of hydrogen-bond donors (Lipinski definition) is 2. The van der Waals surface area contributed by atoms with Crippen molar-refractivity contribution in [1.29, 1.82) is 0 Å². The Morgan fingerprint density at radius 2 is 2.00 bits per heavy atom. The number of anilines is 1. The number of nitrogen functional groups attached to an aromatic ring is 1. The number of halogens is 1. The van der Waals surface area contributed by atoms with E-state index < -0.39 is 15.6 Å². The second kappa shape index (κ2) is 4.18. The molecular weight excluding hydrogens is 332 g/mol. The van der Waals surface area contributed by atoms with Crippen molar-refractivity contribution in [1.82, 2.24) is 4.31 Å². The number of sulfonamides is 1. The third-order valence-electron chi connectivity index (χ3n) is 3.83. The van der Waals surface area contributed by atoms with E-state index in [-0.39, 0.29) is 29.6 Å². The van der Waals surface area contributed by atoms with Crippen molar-refractivity contribution in [3.05, 3.63) is 22.7 Å². The lowest BCUT2D eigenvalue weighted by Crippen LogP contribution is -2.64. The Bertz CT molecular complexity index is 622. The molecule has 0 unspecified atom stereocenters. The molecule has 3 N–H and O–H groups in total. The predicted octanol–water partition coefficient (Wildman–Crippen LogP) is 1.18. The van der Waals surface area contributed by atoms with Gasteiger partial charge in [0.2, 0.25) is 10.0 Å². The van der Waals surface area contributed by atoms with Gasteiger partial charge in [-0.15, -0.1) is 0 Å². The zero-order valence-corrected chi connectivity index (χ0v) is 12.6. The van der Waals surface area contributed by atoms with E-state index in [1.54, 1.807) is 12.1 Å². The Balaban J connectivity index is 1.84. The topological polar surface area (TPSA) is 83.6 Å². The van der Waals surface area contributed by atoms with Gasteiger partial charge in [-0.1, -0.05) is 15.9 Å². The van der Waals surface area contributed by atoms with E-state index in [4.69, 9.17) is 5.73 Å². The molecule has 1 aliphatic carbocycles. The van der Waals surface area contributed by atoms with Crippen LogP contribution < -0.4 is 5.73 Å². The van der Waals surface area contributed by atoms with Crippen LogP contribution in [0.25, 0.3) is 0 Å². The lowest BCUT2D eigenvalue weighted by molar-refractivity contribution is -0.0764. The zero-order valence-electron chi connectivity index (χ0n) is 10.2. The van der Waals surface area contributed by atoms with Crippen LogP contribution in [0.5, 0.6) is 0 Å². The molecule has 5 nitrogen and oxygen atoms in total. The smallest absolute Gasteiger partial charge is 0.245 e. The Labute approximate surface area is 120 Å². The second-order valence-corrected chi connectivity index (χ2v) is 8.16. The average molecular weight is 347 g/mol. The molecule has 0 aromatic heterocycles. The maximum absolute atomic E-state index is 12.4. The van der Waals surface area contributed by atoms with Crippen LogP contribution in [0.2, 0.25) is 0 Å². The van der Waals surface area contributed by atoms with Crippen LogP contribution >= 0.6 is 15.9 Å². The molecule has 2 fully saturated rings. The first-order chi connectivity index (χ1) is 8.83. The standard InChI is InChI=1S/C12H15BrN2O3S/c13-9-3-4-11(10(14)5-9)19(17,18)15-6-12(16,7-15)8-1-2-8/h3-5,8,16H,1-2,6-7,14H2. The monoisotopic (exact) mass is 346 g/mol. The van der Waals surface area contributed by atoms with Gasteiger partial charge in [0, 0.05) is 17.6 Å². The first kappa shape index (κ1) is 13.4. The maximum atomic E-state index is 12.4. The lowest BCUT2D eigenvalue weighted by atomic mass is 9.91. The molecule has 2 aliphatic rings. The average Bonchev–Trinajstić information content (AvgIpc) is 3.07. The van der Waals surface area contributed by atoms with Crippen molar-refractivity contribution >= 4 is 31.6 Å². The normalized spacial score (nSPS) is 23.1. The molecule has 1 saturated heterocycles. The van der Waals surface area contributed by atoms with Crippen LogP contribution in [-0.4, -0.2) is 36.5 Å². The molecule has 1 aromatic rings. The summed E-state index contributed by atoms with van der Waals surface area (Å²) >= 11 is 3.25. The van der Waals surface area contributed by atoms with Gasteiger partial charge in [0.25, 0.3) is 0 Å². The van der Waals surface area contributed by atoms with E-state index >= 15 is 0 Å². The predicted molar refractivity (Wildman–Crippen MR) is 75.0 cm³/mol. The number of benzene rings is 1. The van der Waals surface area contributed by atoms with E-state index in [0.29, 0.717) is 0 Å². The van der Waals surface area contributed by atoms with Gasteiger partial charge in [-0.25, -0.2) is 8.42 Å². The number of rotatable bonds is 3. The quantitative estimate of drug-likeness (QED) is 0.805. The molecule has 0 amide bonds. The van der Waals surface area contributed by atoms with Crippen LogP contribution in [-0.2, 0) is 10.0 Å². The molecule has 104 valence electrons. The Hall–Kier alpha value is -0.630. The summed E-state index contributed by atoms with van der Waals surface area (Å²) < 4.78 is 26.8. The lowest BCUT2D eigenvalue weighted by Gasteiger charge is -2.45. The van der Waals surface area contributed by atoms with Gasteiger partial charge in [0.1, 0.15) is 4.90 Å². The molecule has 0 radical (unpaired) electrons. The molecule has 1 saturated carbocycles. The minimum Gasteiger partial charge on any atom is -0.398 e. The highest BCUT2D eigenvalue weighted by molar-refractivity contribution is 9.10. The summed E-state index contributed by atoms with van der Waals surface area (Å²) in [6, 6.07) is 4.71. The van der Waals surface area contributed by atoms with E-state index in [2.05, 4.69) is 15.9 Å². The number of β-amino-alcohol motifs (C(OH)–C–C–N with tert-alkyl or cyclic N) is 1.